The Kier molecular flexibility index (Phi) is 5.36. The molecule has 1 aliphatic rings. The van der Waals surface area contributed by atoms with Gasteiger partial charge in [-0.3, -0.25) is 4.79 Å². The van der Waals surface area contributed by atoms with Crippen LogP contribution in [0.5, 0.6) is 5.75 Å². The lowest BCUT2D eigenvalue weighted by Crippen LogP contribution is -2.53. The molecule has 0 aliphatic heterocycles. The largest absolute Gasteiger partial charge is 0.496 e. The van der Waals surface area contributed by atoms with Crippen LogP contribution in [0.3, 0.4) is 0 Å². The lowest BCUT2D eigenvalue weighted by Gasteiger charge is -2.23. The van der Waals surface area contributed by atoms with Gasteiger partial charge in [0.15, 0.2) is 0 Å². The zero-order chi connectivity index (χ0) is 17.9. The van der Waals surface area contributed by atoms with Gasteiger partial charge >= 0.3 is 6.03 Å². The van der Waals surface area contributed by atoms with Crippen molar-refractivity contribution in [1.29, 1.82) is 0 Å². The van der Waals surface area contributed by atoms with Crippen molar-refractivity contribution in [1.82, 2.24) is 16.0 Å². The smallest absolute Gasteiger partial charge is 0.315 e. The third-order valence-corrected chi connectivity index (χ3v) is 3.88. The van der Waals surface area contributed by atoms with Gasteiger partial charge in [0.1, 0.15) is 11.8 Å². The molecule has 0 unspecified atom stereocenters. The van der Waals surface area contributed by atoms with Crippen LogP contribution in [-0.2, 0) is 4.79 Å². The van der Waals surface area contributed by atoms with Gasteiger partial charge in [-0.2, -0.15) is 0 Å². The molecule has 1 saturated carbocycles. The number of nitrogens with one attached hydrogen (secondary N) is 3. The Balaban J connectivity index is 1.83. The number of hydrogen-bond acceptors (Lipinski definition) is 3. The van der Waals surface area contributed by atoms with Crippen LogP contribution in [0.1, 0.15) is 45.6 Å². The van der Waals surface area contributed by atoms with E-state index in [0.717, 1.165) is 17.7 Å². The predicted molar refractivity (Wildman–Crippen MR) is 93.2 cm³/mol. The van der Waals surface area contributed by atoms with Crippen molar-refractivity contribution in [3.05, 3.63) is 29.8 Å². The topological polar surface area (TPSA) is 79.5 Å². The van der Waals surface area contributed by atoms with Crippen molar-refractivity contribution in [3.8, 4) is 5.75 Å². The van der Waals surface area contributed by atoms with Crippen molar-refractivity contribution < 1.29 is 14.3 Å². The molecular formula is C18H27N3O3. The van der Waals surface area contributed by atoms with Crippen molar-refractivity contribution in [3.63, 3.8) is 0 Å². The van der Waals surface area contributed by atoms with E-state index in [2.05, 4.69) is 16.0 Å². The molecule has 0 saturated heterocycles. The summed E-state index contributed by atoms with van der Waals surface area (Å²) in [5, 5.41) is 8.44. The molecule has 3 atom stereocenters. The number of methoxy groups -OCH3 is 1. The van der Waals surface area contributed by atoms with Crippen molar-refractivity contribution in [2.24, 2.45) is 0 Å². The third kappa shape index (κ3) is 4.88. The maximum Gasteiger partial charge on any atom is 0.315 e. The molecule has 0 heterocycles. The fraction of sp³-hybridized carbons (Fsp3) is 0.556. The molecule has 132 valence electrons. The maximum absolute atomic E-state index is 12.1. The first-order chi connectivity index (χ1) is 11.2. The minimum atomic E-state index is -0.590. The average Bonchev–Trinajstić information content (AvgIpc) is 3.24. The fourth-order valence-corrected chi connectivity index (χ4v) is 2.62. The van der Waals surface area contributed by atoms with E-state index in [1.165, 1.54) is 0 Å². The van der Waals surface area contributed by atoms with E-state index in [-0.39, 0.29) is 29.4 Å². The molecule has 6 nitrogen and oxygen atoms in total. The molecule has 0 radical (unpaired) electrons. The highest BCUT2D eigenvalue weighted by atomic mass is 16.5. The highest BCUT2D eigenvalue weighted by Gasteiger charge is 2.41. The molecule has 6 heteroatoms. The van der Waals surface area contributed by atoms with Crippen molar-refractivity contribution in [2.45, 2.75) is 57.7 Å². The Bertz CT molecular complexity index is 610. The van der Waals surface area contributed by atoms with Gasteiger partial charge in [-0.15, -0.1) is 0 Å². The number of amides is 3. The predicted octanol–water partition coefficient (Wildman–Crippen LogP) is 2.15. The number of para-hydroxylation sites is 1. The number of urea groups is 1. The van der Waals surface area contributed by atoms with Gasteiger partial charge < -0.3 is 20.7 Å². The lowest BCUT2D eigenvalue weighted by molar-refractivity contribution is -0.123. The molecule has 1 aliphatic carbocycles. The Morgan fingerprint density at radius 2 is 1.92 bits per heavy atom. The zero-order valence-corrected chi connectivity index (χ0v) is 15.0. The molecule has 24 heavy (non-hydrogen) atoms. The van der Waals surface area contributed by atoms with E-state index in [1.807, 2.05) is 45.0 Å². The molecule has 2 rings (SSSR count). The van der Waals surface area contributed by atoms with Crippen molar-refractivity contribution >= 4 is 11.9 Å². The van der Waals surface area contributed by atoms with Crippen LogP contribution < -0.4 is 20.7 Å². The summed E-state index contributed by atoms with van der Waals surface area (Å²) in [5.74, 6) is 0.894. The van der Waals surface area contributed by atoms with Crippen LogP contribution >= 0.6 is 0 Å². The average molecular weight is 333 g/mol. The number of ether oxygens (including phenoxy) is 1. The zero-order valence-electron chi connectivity index (χ0n) is 15.0. The first-order valence-electron chi connectivity index (χ1n) is 8.23. The van der Waals surface area contributed by atoms with Gasteiger partial charge in [-0.05, 0) is 45.7 Å². The van der Waals surface area contributed by atoms with E-state index >= 15 is 0 Å². The number of hydrogen-bond donors (Lipinski definition) is 3. The second kappa shape index (κ2) is 7.11. The van der Waals surface area contributed by atoms with Gasteiger partial charge in [0.05, 0.1) is 7.11 Å². The molecule has 1 fully saturated rings. The van der Waals surface area contributed by atoms with Gasteiger partial charge in [-0.25, -0.2) is 4.79 Å². The van der Waals surface area contributed by atoms with Crippen molar-refractivity contribution in [2.75, 3.05) is 7.11 Å². The second-order valence-corrected chi connectivity index (χ2v) is 7.27. The Labute approximate surface area is 143 Å². The summed E-state index contributed by atoms with van der Waals surface area (Å²) in [5.41, 5.74) is 0.776. The van der Waals surface area contributed by atoms with E-state index in [9.17, 15) is 9.59 Å². The highest BCUT2D eigenvalue weighted by molar-refractivity contribution is 5.87. The number of benzene rings is 1. The molecule has 3 amide bonds. The summed E-state index contributed by atoms with van der Waals surface area (Å²) in [6, 6.07) is 6.98. The van der Waals surface area contributed by atoms with Gasteiger partial charge in [0.25, 0.3) is 0 Å². The summed E-state index contributed by atoms with van der Waals surface area (Å²) in [6.07, 6.45) is 0.871. The van der Waals surface area contributed by atoms with Gasteiger partial charge in [0.2, 0.25) is 5.91 Å². The fourth-order valence-electron chi connectivity index (χ4n) is 2.62. The van der Waals surface area contributed by atoms with E-state index in [0.29, 0.717) is 0 Å². The Morgan fingerprint density at radius 1 is 1.25 bits per heavy atom. The number of carbonyl (C=O) groups is 2. The number of rotatable bonds is 5. The van der Waals surface area contributed by atoms with Gasteiger partial charge in [0, 0.05) is 17.5 Å². The summed E-state index contributed by atoms with van der Waals surface area (Å²) in [7, 11) is 1.64. The molecule has 3 N–H and O–H groups in total. The minimum Gasteiger partial charge on any atom is -0.496 e. The van der Waals surface area contributed by atoms with E-state index in [1.54, 1.807) is 14.0 Å². The maximum atomic E-state index is 12.1. The SMILES string of the molecule is COc1ccccc1[C@@H]1C[C@H]1NC(=O)N[C@H](C)C(=O)NC(C)(C)C. The molecule has 0 aromatic heterocycles. The normalized spacial score (nSPS) is 20.7. The third-order valence-electron chi connectivity index (χ3n) is 3.88. The highest BCUT2D eigenvalue weighted by Crippen LogP contribution is 2.44. The van der Waals surface area contributed by atoms with E-state index < -0.39 is 6.04 Å². The van der Waals surface area contributed by atoms with Crippen LogP contribution in [0.2, 0.25) is 0 Å². The summed E-state index contributed by atoms with van der Waals surface area (Å²) >= 11 is 0. The van der Waals surface area contributed by atoms with Crippen LogP contribution in [0, 0.1) is 0 Å². The minimum absolute atomic E-state index is 0.0687. The molecular weight excluding hydrogens is 306 g/mol. The Hall–Kier alpha value is -2.24. The molecule has 1 aromatic carbocycles. The van der Waals surface area contributed by atoms with Crippen LogP contribution in [0.25, 0.3) is 0 Å². The summed E-state index contributed by atoms with van der Waals surface area (Å²) < 4.78 is 5.36. The first-order valence-corrected chi connectivity index (χ1v) is 8.23. The monoisotopic (exact) mass is 333 g/mol. The van der Waals surface area contributed by atoms with Crippen LogP contribution in [-0.4, -0.2) is 36.7 Å². The summed E-state index contributed by atoms with van der Waals surface area (Å²) in [6.45, 7) is 7.38. The quantitative estimate of drug-likeness (QED) is 0.772. The molecule has 0 spiro atoms. The van der Waals surface area contributed by atoms with Gasteiger partial charge in [-0.1, -0.05) is 18.2 Å². The first kappa shape index (κ1) is 18.1. The van der Waals surface area contributed by atoms with E-state index in [4.69, 9.17) is 4.74 Å². The Morgan fingerprint density at radius 3 is 2.54 bits per heavy atom. The molecule has 0 bridgehead atoms. The molecule has 1 aromatic rings. The summed E-state index contributed by atoms with van der Waals surface area (Å²) in [4.78, 5) is 24.1. The van der Waals surface area contributed by atoms with Crippen LogP contribution in [0.15, 0.2) is 24.3 Å². The second-order valence-electron chi connectivity index (χ2n) is 7.27. The number of carbonyl (C=O) groups excluding carboxylic acids is 2. The standard InChI is InChI=1S/C18H27N3O3/c1-11(16(22)21-18(2,3)4)19-17(23)20-14-10-13(14)12-8-6-7-9-15(12)24-5/h6-9,11,13-14H,10H2,1-5H3,(H,21,22)(H2,19,20,23)/t11-,13+,14-/m1/s1. The van der Waals surface area contributed by atoms with Crippen LogP contribution in [0.4, 0.5) is 4.79 Å². The lowest BCUT2D eigenvalue weighted by atomic mass is 10.1.